The molecule has 1 aliphatic rings. The zero-order valence-corrected chi connectivity index (χ0v) is 12.1. The highest BCUT2D eigenvalue weighted by Crippen LogP contribution is 2.31. The maximum absolute atomic E-state index is 6.22. The number of hydrogen-bond donors (Lipinski definition) is 0. The first kappa shape index (κ1) is 13.7. The Labute approximate surface area is 116 Å². The zero-order valence-electron chi connectivity index (χ0n) is 11.3. The molecule has 0 bridgehead atoms. The molecule has 18 heavy (non-hydrogen) atoms. The van der Waals surface area contributed by atoms with Crippen molar-refractivity contribution in [3.8, 4) is 0 Å². The lowest BCUT2D eigenvalue weighted by molar-refractivity contribution is 0.624. The van der Waals surface area contributed by atoms with Crippen LogP contribution in [0, 0.1) is 0 Å². The Hall–Kier alpha value is -0.750. The Morgan fingerprint density at radius 3 is 2.72 bits per heavy atom. The van der Waals surface area contributed by atoms with E-state index in [9.17, 15) is 0 Å². The van der Waals surface area contributed by atoms with Crippen molar-refractivity contribution in [3.05, 3.63) is 39.9 Å². The maximum Gasteiger partial charge on any atom is 0.0444 e. The summed E-state index contributed by atoms with van der Waals surface area (Å²) in [6, 6.07) is 6.25. The molecule has 0 aliphatic heterocycles. The Morgan fingerprint density at radius 1 is 1.06 bits per heavy atom. The first-order valence-corrected chi connectivity index (χ1v) is 7.66. The molecule has 1 aromatic carbocycles. The minimum atomic E-state index is 0.936. The van der Waals surface area contributed by atoms with Crippen LogP contribution in [0.4, 0.5) is 0 Å². The summed E-state index contributed by atoms with van der Waals surface area (Å²) in [6.07, 6.45) is 12.8. The van der Waals surface area contributed by atoms with Gasteiger partial charge in [0.05, 0.1) is 0 Å². The molecule has 0 atom stereocenters. The van der Waals surface area contributed by atoms with E-state index in [4.69, 9.17) is 11.6 Å². The molecule has 0 spiro atoms. The first-order valence-electron chi connectivity index (χ1n) is 7.28. The number of unbranched alkanes of at least 4 members (excludes halogenated alkanes) is 4. The molecule has 0 fully saturated rings. The molecule has 0 amide bonds. The fourth-order valence-corrected chi connectivity index (χ4v) is 2.98. The summed E-state index contributed by atoms with van der Waals surface area (Å²) >= 11 is 6.22. The summed E-state index contributed by atoms with van der Waals surface area (Å²) in [7, 11) is 0. The van der Waals surface area contributed by atoms with Crippen LogP contribution in [-0.4, -0.2) is 0 Å². The average molecular weight is 263 g/mol. The number of rotatable bonds is 6. The SMILES string of the molecule is CCCCCCCC1=Cc2cccc(Cl)c2CC1. The lowest BCUT2D eigenvalue weighted by Crippen LogP contribution is -2.00. The summed E-state index contributed by atoms with van der Waals surface area (Å²) in [4.78, 5) is 0. The second kappa shape index (κ2) is 6.99. The summed E-state index contributed by atoms with van der Waals surface area (Å²) in [6.45, 7) is 2.27. The van der Waals surface area contributed by atoms with Crippen molar-refractivity contribution >= 4 is 17.7 Å². The predicted molar refractivity (Wildman–Crippen MR) is 81.1 cm³/mol. The van der Waals surface area contributed by atoms with Crippen molar-refractivity contribution < 1.29 is 0 Å². The van der Waals surface area contributed by atoms with Crippen LogP contribution in [0.2, 0.25) is 5.02 Å². The van der Waals surface area contributed by atoms with E-state index < -0.39 is 0 Å². The van der Waals surface area contributed by atoms with Gasteiger partial charge in [0.1, 0.15) is 0 Å². The van der Waals surface area contributed by atoms with Crippen molar-refractivity contribution in [1.29, 1.82) is 0 Å². The zero-order chi connectivity index (χ0) is 12.8. The van der Waals surface area contributed by atoms with Gasteiger partial charge in [-0.25, -0.2) is 0 Å². The minimum Gasteiger partial charge on any atom is -0.0840 e. The van der Waals surface area contributed by atoms with Gasteiger partial charge in [-0.1, -0.05) is 68.0 Å². The standard InChI is InChI=1S/C17H23Cl/c1-2-3-4-5-6-8-14-11-12-16-15(13-14)9-7-10-17(16)18/h7,9-10,13H,2-6,8,11-12H2,1H3. The van der Waals surface area contributed by atoms with Crippen molar-refractivity contribution in [3.63, 3.8) is 0 Å². The Balaban J connectivity index is 1.88. The van der Waals surface area contributed by atoms with E-state index in [-0.39, 0.29) is 0 Å². The van der Waals surface area contributed by atoms with Crippen molar-refractivity contribution in [2.24, 2.45) is 0 Å². The number of halogens is 1. The number of benzene rings is 1. The summed E-state index contributed by atoms with van der Waals surface area (Å²) in [5.74, 6) is 0. The molecule has 2 rings (SSSR count). The molecule has 1 aliphatic carbocycles. The monoisotopic (exact) mass is 262 g/mol. The number of hydrogen-bond acceptors (Lipinski definition) is 0. The molecule has 0 heterocycles. The molecule has 1 heteroatoms. The van der Waals surface area contributed by atoms with Gasteiger partial charge < -0.3 is 0 Å². The summed E-state index contributed by atoms with van der Waals surface area (Å²) in [5, 5.41) is 0.936. The van der Waals surface area contributed by atoms with Crippen LogP contribution in [0.3, 0.4) is 0 Å². The normalized spacial score (nSPS) is 14.2. The highest BCUT2D eigenvalue weighted by atomic mass is 35.5. The highest BCUT2D eigenvalue weighted by molar-refractivity contribution is 6.31. The number of fused-ring (bicyclic) bond motifs is 1. The van der Waals surface area contributed by atoms with E-state index in [0.717, 1.165) is 11.4 Å². The topological polar surface area (TPSA) is 0 Å². The van der Waals surface area contributed by atoms with Crippen molar-refractivity contribution in [1.82, 2.24) is 0 Å². The van der Waals surface area contributed by atoms with Gasteiger partial charge in [-0.05, 0) is 42.9 Å². The lowest BCUT2D eigenvalue weighted by Gasteiger charge is -2.17. The van der Waals surface area contributed by atoms with Crippen LogP contribution in [-0.2, 0) is 6.42 Å². The highest BCUT2D eigenvalue weighted by Gasteiger charge is 2.12. The summed E-state index contributed by atoms with van der Waals surface area (Å²) < 4.78 is 0. The maximum atomic E-state index is 6.22. The van der Waals surface area contributed by atoms with E-state index in [0.29, 0.717) is 0 Å². The van der Waals surface area contributed by atoms with Crippen LogP contribution in [0.1, 0.15) is 63.0 Å². The van der Waals surface area contributed by atoms with Crippen molar-refractivity contribution in [2.75, 3.05) is 0 Å². The Bertz CT molecular complexity index is 418. The number of allylic oxidation sites excluding steroid dienone is 1. The molecule has 0 saturated carbocycles. The van der Waals surface area contributed by atoms with Gasteiger partial charge in [-0.3, -0.25) is 0 Å². The molecule has 0 N–H and O–H groups in total. The van der Waals surface area contributed by atoms with Crippen LogP contribution < -0.4 is 0 Å². The van der Waals surface area contributed by atoms with Gasteiger partial charge in [-0.15, -0.1) is 0 Å². The van der Waals surface area contributed by atoms with E-state index in [1.807, 2.05) is 6.07 Å². The second-order valence-corrected chi connectivity index (χ2v) is 5.68. The van der Waals surface area contributed by atoms with E-state index in [1.54, 1.807) is 5.57 Å². The Morgan fingerprint density at radius 2 is 1.89 bits per heavy atom. The van der Waals surface area contributed by atoms with E-state index in [1.165, 1.54) is 56.1 Å². The fourth-order valence-electron chi connectivity index (χ4n) is 2.70. The molecule has 0 nitrogen and oxygen atoms in total. The van der Waals surface area contributed by atoms with Gasteiger partial charge >= 0.3 is 0 Å². The van der Waals surface area contributed by atoms with Gasteiger partial charge in [0, 0.05) is 5.02 Å². The third-order valence-corrected chi connectivity index (χ3v) is 4.17. The average Bonchev–Trinajstić information content (AvgIpc) is 2.39. The molecular weight excluding hydrogens is 240 g/mol. The third kappa shape index (κ3) is 3.62. The smallest absolute Gasteiger partial charge is 0.0444 e. The second-order valence-electron chi connectivity index (χ2n) is 5.27. The summed E-state index contributed by atoms with van der Waals surface area (Å²) in [5.41, 5.74) is 4.30. The van der Waals surface area contributed by atoms with Gasteiger partial charge in [0.15, 0.2) is 0 Å². The third-order valence-electron chi connectivity index (χ3n) is 3.81. The molecule has 98 valence electrons. The fraction of sp³-hybridized carbons (Fsp3) is 0.529. The van der Waals surface area contributed by atoms with Gasteiger partial charge in [0.25, 0.3) is 0 Å². The van der Waals surface area contributed by atoms with Crippen LogP contribution >= 0.6 is 11.6 Å². The molecular formula is C17H23Cl. The quantitative estimate of drug-likeness (QED) is 0.549. The molecule has 0 unspecified atom stereocenters. The first-order chi connectivity index (χ1) is 8.81. The van der Waals surface area contributed by atoms with Crippen molar-refractivity contribution in [2.45, 2.75) is 58.3 Å². The van der Waals surface area contributed by atoms with Crippen LogP contribution in [0.15, 0.2) is 23.8 Å². The van der Waals surface area contributed by atoms with Gasteiger partial charge in [-0.2, -0.15) is 0 Å². The predicted octanol–water partition coefficient (Wildman–Crippen LogP) is 6.03. The van der Waals surface area contributed by atoms with Gasteiger partial charge in [0.2, 0.25) is 0 Å². The van der Waals surface area contributed by atoms with Crippen LogP contribution in [0.5, 0.6) is 0 Å². The molecule has 0 aromatic heterocycles. The van der Waals surface area contributed by atoms with E-state index >= 15 is 0 Å². The largest absolute Gasteiger partial charge is 0.0840 e. The molecule has 1 aromatic rings. The Kier molecular flexibility index (Phi) is 5.31. The van der Waals surface area contributed by atoms with E-state index in [2.05, 4.69) is 25.1 Å². The molecule has 0 saturated heterocycles. The minimum absolute atomic E-state index is 0.936. The van der Waals surface area contributed by atoms with Crippen LogP contribution in [0.25, 0.3) is 6.08 Å². The molecule has 0 radical (unpaired) electrons. The lowest BCUT2D eigenvalue weighted by atomic mass is 9.89.